The lowest BCUT2D eigenvalue weighted by molar-refractivity contribution is -0.194. The normalized spacial score (nSPS) is 13.0. The summed E-state index contributed by atoms with van der Waals surface area (Å²) >= 11 is 0. The maximum Gasteiger partial charge on any atom is 0.248 e. The minimum atomic E-state index is -1.88. The maximum atomic E-state index is 8.86. The van der Waals surface area contributed by atoms with E-state index in [9.17, 15) is 0 Å². The Kier molecular flexibility index (Phi) is 3.04. The van der Waals surface area contributed by atoms with E-state index in [1.165, 1.54) is 0 Å². The van der Waals surface area contributed by atoms with Crippen molar-refractivity contribution in [3.8, 4) is 5.75 Å². The van der Waals surface area contributed by atoms with Crippen LogP contribution in [0.15, 0.2) is 30.3 Å². The van der Waals surface area contributed by atoms with E-state index < -0.39 is 12.6 Å². The summed E-state index contributed by atoms with van der Waals surface area (Å²) in [7, 11) is 0. The fraction of sp³-hybridized carbons (Fsp3) is 0.250. The van der Waals surface area contributed by atoms with Crippen molar-refractivity contribution in [3.63, 3.8) is 0 Å². The zero-order valence-electron chi connectivity index (χ0n) is 6.29. The number of hydrogen-bond acceptors (Lipinski definition) is 4. The van der Waals surface area contributed by atoms with Gasteiger partial charge in [0.2, 0.25) is 12.6 Å². The maximum absolute atomic E-state index is 8.86. The van der Waals surface area contributed by atoms with Crippen LogP contribution in [0.5, 0.6) is 5.75 Å². The molecule has 4 heteroatoms. The first-order valence-electron chi connectivity index (χ1n) is 3.46. The summed E-state index contributed by atoms with van der Waals surface area (Å²) in [6.45, 7) is 0. The Morgan fingerprint density at radius 2 is 1.58 bits per heavy atom. The smallest absolute Gasteiger partial charge is 0.248 e. The number of benzene rings is 1. The van der Waals surface area contributed by atoms with Gasteiger partial charge in [0.05, 0.1) is 0 Å². The van der Waals surface area contributed by atoms with Gasteiger partial charge in [-0.2, -0.15) is 0 Å². The van der Waals surface area contributed by atoms with Crippen LogP contribution in [0.3, 0.4) is 0 Å². The number of aliphatic hydroxyl groups excluding tert-OH is 2. The molecule has 1 aromatic rings. The van der Waals surface area contributed by atoms with Gasteiger partial charge >= 0.3 is 0 Å². The summed E-state index contributed by atoms with van der Waals surface area (Å²) in [5.41, 5.74) is 0. The van der Waals surface area contributed by atoms with E-state index in [1.807, 2.05) is 0 Å². The predicted molar refractivity (Wildman–Crippen MR) is 41.3 cm³/mol. The number of rotatable bonds is 3. The van der Waals surface area contributed by atoms with Gasteiger partial charge in [0, 0.05) is 0 Å². The van der Waals surface area contributed by atoms with Crippen LogP contribution >= 0.6 is 0 Å². The third-order valence-electron chi connectivity index (χ3n) is 1.26. The molecule has 0 amide bonds. The number of ether oxygens (including phenoxy) is 1. The molecule has 0 radical (unpaired) electrons. The van der Waals surface area contributed by atoms with Crippen molar-refractivity contribution >= 4 is 0 Å². The molecule has 66 valence electrons. The molecule has 1 rings (SSSR count). The Hall–Kier alpha value is -1.10. The lowest BCUT2D eigenvalue weighted by Gasteiger charge is -2.14. The fourth-order valence-electron chi connectivity index (χ4n) is 0.699. The summed E-state index contributed by atoms with van der Waals surface area (Å²) in [6.07, 6.45) is -3.49. The number of aliphatic hydroxyl groups is 3. The molecule has 0 aliphatic rings. The number of para-hydroxylation sites is 1. The lowest BCUT2D eigenvalue weighted by atomic mass is 10.3. The van der Waals surface area contributed by atoms with E-state index >= 15 is 0 Å². The Bertz CT molecular complexity index is 222. The van der Waals surface area contributed by atoms with Gasteiger partial charge in [-0.25, -0.2) is 0 Å². The molecule has 0 aromatic heterocycles. The van der Waals surface area contributed by atoms with Crippen molar-refractivity contribution in [1.29, 1.82) is 0 Å². The molecule has 0 fully saturated rings. The second-order valence-electron chi connectivity index (χ2n) is 2.24. The summed E-state index contributed by atoms with van der Waals surface area (Å²) in [6, 6.07) is 8.42. The Morgan fingerprint density at radius 3 is 2.08 bits per heavy atom. The molecule has 1 aromatic carbocycles. The van der Waals surface area contributed by atoms with Crippen LogP contribution in [0.1, 0.15) is 0 Å². The molecule has 0 saturated heterocycles. The van der Waals surface area contributed by atoms with Crippen LogP contribution in [-0.2, 0) is 0 Å². The molecule has 0 bridgehead atoms. The summed E-state index contributed by atoms with van der Waals surface area (Å²) in [4.78, 5) is 0. The molecule has 0 aliphatic heterocycles. The summed E-state index contributed by atoms with van der Waals surface area (Å²) in [5, 5.41) is 25.8. The van der Waals surface area contributed by atoms with Crippen LogP contribution in [0, 0.1) is 0 Å². The fourth-order valence-corrected chi connectivity index (χ4v) is 0.699. The molecule has 1 atom stereocenters. The van der Waals surface area contributed by atoms with Crippen molar-refractivity contribution in [2.45, 2.75) is 12.6 Å². The van der Waals surface area contributed by atoms with Crippen molar-refractivity contribution in [2.75, 3.05) is 0 Å². The van der Waals surface area contributed by atoms with Gasteiger partial charge in [-0.1, -0.05) is 18.2 Å². The average Bonchev–Trinajstić information content (AvgIpc) is 2.06. The highest BCUT2D eigenvalue weighted by Crippen LogP contribution is 2.10. The van der Waals surface area contributed by atoms with Crippen LogP contribution < -0.4 is 4.74 Å². The van der Waals surface area contributed by atoms with Crippen molar-refractivity contribution in [3.05, 3.63) is 30.3 Å². The predicted octanol–water partition coefficient (Wildman–Crippen LogP) is -0.306. The highest BCUT2D eigenvalue weighted by molar-refractivity contribution is 5.20. The molecule has 1 unspecified atom stereocenters. The van der Waals surface area contributed by atoms with E-state index in [0.717, 1.165) is 0 Å². The lowest BCUT2D eigenvalue weighted by Crippen LogP contribution is -2.30. The van der Waals surface area contributed by atoms with E-state index in [0.29, 0.717) is 5.75 Å². The van der Waals surface area contributed by atoms with Gasteiger partial charge in [0.25, 0.3) is 0 Å². The Labute approximate surface area is 69.7 Å². The summed E-state index contributed by atoms with van der Waals surface area (Å²) in [5.74, 6) is 0.387. The average molecular weight is 170 g/mol. The van der Waals surface area contributed by atoms with E-state index in [2.05, 4.69) is 0 Å². The van der Waals surface area contributed by atoms with Gasteiger partial charge in [-0.05, 0) is 12.1 Å². The molecular weight excluding hydrogens is 160 g/mol. The van der Waals surface area contributed by atoms with Gasteiger partial charge in [0.15, 0.2) is 0 Å². The van der Waals surface area contributed by atoms with Crippen LogP contribution in [0.4, 0.5) is 0 Å². The SMILES string of the molecule is OC(O)C(O)Oc1ccccc1. The second-order valence-corrected chi connectivity index (χ2v) is 2.24. The molecule has 3 N–H and O–H groups in total. The van der Waals surface area contributed by atoms with E-state index in [1.54, 1.807) is 30.3 Å². The third-order valence-corrected chi connectivity index (χ3v) is 1.26. The monoisotopic (exact) mass is 170 g/mol. The molecule has 0 aliphatic carbocycles. The van der Waals surface area contributed by atoms with Crippen LogP contribution in [0.2, 0.25) is 0 Å². The van der Waals surface area contributed by atoms with E-state index in [4.69, 9.17) is 20.1 Å². The minimum Gasteiger partial charge on any atom is -0.460 e. The van der Waals surface area contributed by atoms with Gasteiger partial charge in [0.1, 0.15) is 5.75 Å². The molecule has 0 saturated carbocycles. The van der Waals surface area contributed by atoms with Crippen molar-refractivity contribution in [2.24, 2.45) is 0 Å². The second kappa shape index (κ2) is 4.06. The first-order chi connectivity index (χ1) is 5.70. The highest BCUT2D eigenvalue weighted by atomic mass is 16.6. The first-order valence-corrected chi connectivity index (χ1v) is 3.46. The topological polar surface area (TPSA) is 69.9 Å². The molecule has 0 spiro atoms. The van der Waals surface area contributed by atoms with Crippen LogP contribution in [0.25, 0.3) is 0 Å². The zero-order chi connectivity index (χ0) is 8.97. The highest BCUT2D eigenvalue weighted by Gasteiger charge is 2.13. The van der Waals surface area contributed by atoms with Gasteiger partial charge in [-0.3, -0.25) is 0 Å². The van der Waals surface area contributed by atoms with Crippen molar-refractivity contribution < 1.29 is 20.1 Å². The third kappa shape index (κ3) is 2.50. The Balaban J connectivity index is 2.53. The molecule has 0 heterocycles. The van der Waals surface area contributed by atoms with Crippen LogP contribution in [-0.4, -0.2) is 27.9 Å². The van der Waals surface area contributed by atoms with Gasteiger partial charge in [-0.15, -0.1) is 0 Å². The minimum absolute atomic E-state index is 0.387. The quantitative estimate of drug-likeness (QED) is 0.544. The summed E-state index contributed by atoms with van der Waals surface area (Å²) < 4.78 is 4.73. The standard InChI is InChI=1S/C8H10O4/c9-7(10)8(11)12-6-4-2-1-3-5-6/h1-5,7-11H. The van der Waals surface area contributed by atoms with Crippen molar-refractivity contribution in [1.82, 2.24) is 0 Å². The largest absolute Gasteiger partial charge is 0.460 e. The number of hydrogen-bond donors (Lipinski definition) is 3. The molecular formula is C8H10O4. The van der Waals surface area contributed by atoms with Gasteiger partial charge < -0.3 is 20.1 Å². The first kappa shape index (κ1) is 8.99. The molecule has 12 heavy (non-hydrogen) atoms. The molecule has 4 nitrogen and oxygen atoms in total. The van der Waals surface area contributed by atoms with E-state index in [-0.39, 0.29) is 0 Å². The zero-order valence-corrected chi connectivity index (χ0v) is 6.29. The Morgan fingerprint density at radius 1 is 1.00 bits per heavy atom.